The molecule has 0 saturated carbocycles. The van der Waals surface area contributed by atoms with Crippen LogP contribution in [0.25, 0.3) is 22.0 Å². The first-order valence-corrected chi connectivity index (χ1v) is 9.20. The van der Waals surface area contributed by atoms with Crippen LogP contribution >= 0.6 is 11.6 Å². The first-order chi connectivity index (χ1) is 12.8. The van der Waals surface area contributed by atoms with E-state index in [1.165, 1.54) is 0 Å². The summed E-state index contributed by atoms with van der Waals surface area (Å²) in [5, 5.41) is 1.68. The van der Waals surface area contributed by atoms with Gasteiger partial charge in [0, 0.05) is 17.0 Å². The Labute approximate surface area is 155 Å². The SMILES string of the molecule is Clc1ccc2c(N3CCCCC3c3nc4ccccc4o3)ncnc2c1. The number of hydrogen-bond acceptors (Lipinski definition) is 5. The summed E-state index contributed by atoms with van der Waals surface area (Å²) < 4.78 is 6.07. The Balaban J connectivity index is 1.62. The van der Waals surface area contributed by atoms with E-state index in [0.29, 0.717) is 5.02 Å². The van der Waals surface area contributed by atoms with Crippen molar-refractivity contribution in [3.05, 3.63) is 59.7 Å². The monoisotopic (exact) mass is 364 g/mol. The van der Waals surface area contributed by atoms with Crippen molar-refractivity contribution in [1.29, 1.82) is 0 Å². The normalized spacial score (nSPS) is 17.9. The Morgan fingerprint density at radius 2 is 1.96 bits per heavy atom. The first-order valence-electron chi connectivity index (χ1n) is 8.82. The van der Waals surface area contributed by atoms with Gasteiger partial charge in [0.15, 0.2) is 5.58 Å². The van der Waals surface area contributed by atoms with Crippen LogP contribution in [0.4, 0.5) is 5.82 Å². The lowest BCUT2D eigenvalue weighted by atomic mass is 10.0. The molecule has 2 aromatic carbocycles. The average Bonchev–Trinajstić information content (AvgIpc) is 3.11. The zero-order valence-corrected chi connectivity index (χ0v) is 14.9. The molecule has 0 amide bonds. The minimum atomic E-state index is 0.0740. The third-order valence-electron chi connectivity index (χ3n) is 4.95. The second-order valence-corrected chi connectivity index (χ2v) is 7.02. The molecule has 2 aromatic heterocycles. The molecule has 5 rings (SSSR count). The number of benzene rings is 2. The van der Waals surface area contributed by atoms with Gasteiger partial charge < -0.3 is 9.32 Å². The average molecular weight is 365 g/mol. The molecule has 0 N–H and O–H groups in total. The van der Waals surface area contributed by atoms with E-state index in [9.17, 15) is 0 Å². The third-order valence-corrected chi connectivity index (χ3v) is 5.18. The largest absolute Gasteiger partial charge is 0.438 e. The second kappa shape index (κ2) is 6.25. The summed E-state index contributed by atoms with van der Waals surface area (Å²) in [7, 11) is 0. The van der Waals surface area contributed by atoms with Crippen LogP contribution in [0.1, 0.15) is 31.2 Å². The lowest BCUT2D eigenvalue weighted by molar-refractivity contribution is 0.390. The molecule has 0 radical (unpaired) electrons. The fraction of sp³-hybridized carbons (Fsp3) is 0.250. The van der Waals surface area contributed by atoms with Crippen molar-refractivity contribution in [2.24, 2.45) is 0 Å². The van der Waals surface area contributed by atoms with Crippen molar-refractivity contribution in [2.75, 3.05) is 11.4 Å². The van der Waals surface area contributed by atoms with Gasteiger partial charge in [-0.2, -0.15) is 0 Å². The van der Waals surface area contributed by atoms with E-state index in [0.717, 1.165) is 59.5 Å². The molecule has 0 aliphatic carbocycles. The van der Waals surface area contributed by atoms with E-state index in [1.54, 1.807) is 6.33 Å². The molecule has 0 bridgehead atoms. The van der Waals surface area contributed by atoms with Gasteiger partial charge in [0.25, 0.3) is 0 Å². The molecule has 130 valence electrons. The molecular formula is C20H17ClN4O. The molecule has 1 unspecified atom stereocenters. The molecule has 6 heteroatoms. The number of nitrogens with zero attached hydrogens (tertiary/aromatic N) is 4. The second-order valence-electron chi connectivity index (χ2n) is 6.58. The number of fused-ring (bicyclic) bond motifs is 2. The number of rotatable bonds is 2. The summed E-state index contributed by atoms with van der Waals surface area (Å²) in [4.78, 5) is 16.0. The molecule has 1 aliphatic heterocycles. The minimum absolute atomic E-state index is 0.0740. The number of anilines is 1. The van der Waals surface area contributed by atoms with Crippen molar-refractivity contribution in [2.45, 2.75) is 25.3 Å². The molecule has 1 saturated heterocycles. The fourth-order valence-corrected chi connectivity index (χ4v) is 3.89. The van der Waals surface area contributed by atoms with E-state index in [4.69, 9.17) is 21.0 Å². The van der Waals surface area contributed by atoms with Crippen molar-refractivity contribution in [1.82, 2.24) is 15.0 Å². The van der Waals surface area contributed by atoms with Crippen LogP contribution in [0.5, 0.6) is 0 Å². The van der Waals surface area contributed by atoms with Gasteiger partial charge in [0.2, 0.25) is 5.89 Å². The highest BCUT2D eigenvalue weighted by molar-refractivity contribution is 6.31. The Morgan fingerprint density at radius 3 is 2.88 bits per heavy atom. The molecule has 26 heavy (non-hydrogen) atoms. The summed E-state index contributed by atoms with van der Waals surface area (Å²) in [5.41, 5.74) is 2.57. The molecule has 1 atom stereocenters. The molecule has 0 spiro atoms. The van der Waals surface area contributed by atoms with Crippen molar-refractivity contribution < 1.29 is 4.42 Å². The van der Waals surface area contributed by atoms with Gasteiger partial charge in [0.05, 0.1) is 5.52 Å². The maximum Gasteiger partial charge on any atom is 0.218 e. The van der Waals surface area contributed by atoms with E-state index >= 15 is 0 Å². The highest BCUT2D eigenvalue weighted by Gasteiger charge is 2.30. The van der Waals surface area contributed by atoms with Gasteiger partial charge >= 0.3 is 0 Å². The van der Waals surface area contributed by atoms with Crippen LogP contribution < -0.4 is 4.90 Å². The minimum Gasteiger partial charge on any atom is -0.438 e. The fourth-order valence-electron chi connectivity index (χ4n) is 3.72. The lowest BCUT2D eigenvalue weighted by Gasteiger charge is -2.35. The zero-order valence-electron chi connectivity index (χ0n) is 14.1. The number of hydrogen-bond donors (Lipinski definition) is 0. The van der Waals surface area contributed by atoms with Gasteiger partial charge in [-0.3, -0.25) is 0 Å². The highest BCUT2D eigenvalue weighted by atomic mass is 35.5. The van der Waals surface area contributed by atoms with Gasteiger partial charge in [-0.15, -0.1) is 0 Å². The molecule has 1 aliphatic rings. The molecule has 1 fully saturated rings. The standard InChI is InChI=1S/C20H17ClN4O/c21-13-8-9-14-16(11-13)22-12-23-19(14)25-10-4-3-6-17(25)20-24-15-5-1-2-7-18(15)26-20/h1-2,5,7-9,11-12,17H,3-4,6,10H2. The van der Waals surface area contributed by atoms with Crippen molar-refractivity contribution >= 4 is 39.4 Å². The number of oxazole rings is 1. The van der Waals surface area contributed by atoms with Crippen LogP contribution in [-0.4, -0.2) is 21.5 Å². The van der Waals surface area contributed by atoms with Crippen molar-refractivity contribution in [3.8, 4) is 0 Å². The summed E-state index contributed by atoms with van der Waals surface area (Å²) in [5.74, 6) is 1.67. The Morgan fingerprint density at radius 1 is 1.04 bits per heavy atom. The quantitative estimate of drug-likeness (QED) is 0.492. The topological polar surface area (TPSA) is 55.1 Å². The van der Waals surface area contributed by atoms with E-state index in [2.05, 4.69) is 14.9 Å². The molecule has 4 aromatic rings. The van der Waals surface area contributed by atoms with Crippen LogP contribution in [-0.2, 0) is 0 Å². The number of aromatic nitrogens is 3. The predicted molar refractivity (Wildman–Crippen MR) is 102 cm³/mol. The molecule has 3 heterocycles. The van der Waals surface area contributed by atoms with Crippen molar-refractivity contribution in [3.63, 3.8) is 0 Å². The highest BCUT2D eigenvalue weighted by Crippen LogP contribution is 2.37. The van der Waals surface area contributed by atoms with Crippen LogP contribution in [0.2, 0.25) is 5.02 Å². The Bertz CT molecular complexity index is 1060. The van der Waals surface area contributed by atoms with Crippen LogP contribution in [0.3, 0.4) is 0 Å². The van der Waals surface area contributed by atoms with Gasteiger partial charge in [-0.1, -0.05) is 23.7 Å². The maximum atomic E-state index is 6.13. The summed E-state index contributed by atoms with van der Waals surface area (Å²) in [6.45, 7) is 0.915. The lowest BCUT2D eigenvalue weighted by Crippen LogP contribution is -2.34. The van der Waals surface area contributed by atoms with Gasteiger partial charge in [-0.25, -0.2) is 15.0 Å². The summed E-state index contributed by atoms with van der Waals surface area (Å²) in [6, 6.07) is 13.7. The first kappa shape index (κ1) is 15.6. The molecular weight excluding hydrogens is 348 g/mol. The molecule has 5 nitrogen and oxygen atoms in total. The number of halogens is 1. The van der Waals surface area contributed by atoms with Gasteiger partial charge in [0.1, 0.15) is 23.7 Å². The number of piperidine rings is 1. The van der Waals surface area contributed by atoms with E-state index in [1.807, 2.05) is 42.5 Å². The van der Waals surface area contributed by atoms with Crippen LogP contribution in [0.15, 0.2) is 53.2 Å². The maximum absolute atomic E-state index is 6.13. The Hall–Kier alpha value is -2.66. The smallest absolute Gasteiger partial charge is 0.218 e. The third kappa shape index (κ3) is 2.59. The summed E-state index contributed by atoms with van der Waals surface area (Å²) in [6.07, 6.45) is 4.86. The van der Waals surface area contributed by atoms with E-state index in [-0.39, 0.29) is 6.04 Å². The van der Waals surface area contributed by atoms with Gasteiger partial charge in [-0.05, 0) is 49.6 Å². The predicted octanol–water partition coefficient (Wildman–Crippen LogP) is 5.16. The van der Waals surface area contributed by atoms with Crippen LogP contribution in [0, 0.1) is 0 Å². The Kier molecular flexibility index (Phi) is 3.75. The van der Waals surface area contributed by atoms with E-state index < -0.39 is 0 Å². The zero-order chi connectivity index (χ0) is 17.5. The number of para-hydroxylation sites is 2. The summed E-state index contributed by atoms with van der Waals surface area (Å²) >= 11 is 6.13.